The molecule has 5 rings (SSSR count). The summed E-state index contributed by atoms with van der Waals surface area (Å²) in [6, 6.07) is 13.5. The number of anilines is 4. The molecule has 1 aliphatic rings. The second-order valence-corrected chi connectivity index (χ2v) is 9.03. The lowest BCUT2D eigenvalue weighted by Crippen LogP contribution is -2.51. The molecule has 38 heavy (non-hydrogen) atoms. The van der Waals surface area contributed by atoms with Crippen LogP contribution in [0, 0.1) is 13.8 Å². The molecule has 0 radical (unpaired) electrons. The first-order valence-electron chi connectivity index (χ1n) is 11.9. The molecule has 2 aromatic heterocycles. The highest BCUT2D eigenvalue weighted by Crippen LogP contribution is 2.30. The Bertz CT molecular complexity index is 1480. The number of aromatic nitrogens is 4. The van der Waals surface area contributed by atoms with Crippen LogP contribution in [0.3, 0.4) is 0 Å². The number of hydrogen-bond acceptors (Lipinski definition) is 7. The Hall–Kier alpha value is -4.45. The highest BCUT2D eigenvalue weighted by Gasteiger charge is 2.31. The van der Waals surface area contributed by atoms with Crippen LogP contribution < -0.4 is 21.3 Å². The molecule has 4 aromatic rings. The van der Waals surface area contributed by atoms with Crippen molar-refractivity contribution in [3.63, 3.8) is 0 Å². The van der Waals surface area contributed by atoms with Crippen molar-refractivity contribution >= 4 is 28.9 Å². The maximum Gasteiger partial charge on any atom is 0.416 e. The smallest absolute Gasteiger partial charge is 0.365 e. The zero-order valence-electron chi connectivity index (χ0n) is 20.6. The molecule has 2 aromatic carbocycles. The third-order valence-corrected chi connectivity index (χ3v) is 6.04. The van der Waals surface area contributed by atoms with E-state index in [1.807, 2.05) is 26.0 Å². The number of nitrogens with one attached hydrogen (secondary N) is 4. The van der Waals surface area contributed by atoms with Gasteiger partial charge in [0, 0.05) is 42.2 Å². The minimum atomic E-state index is -4.53. The first kappa shape index (κ1) is 25.2. The van der Waals surface area contributed by atoms with Crippen molar-refractivity contribution in [2.75, 3.05) is 29.0 Å². The normalized spacial score (nSPS) is 13.6. The van der Waals surface area contributed by atoms with Gasteiger partial charge in [-0.15, -0.1) is 0 Å². The van der Waals surface area contributed by atoms with Crippen LogP contribution in [-0.2, 0) is 6.18 Å². The second kappa shape index (κ2) is 10.1. The van der Waals surface area contributed by atoms with E-state index < -0.39 is 17.6 Å². The van der Waals surface area contributed by atoms with E-state index in [1.54, 1.807) is 22.9 Å². The predicted molar refractivity (Wildman–Crippen MR) is 138 cm³/mol. The number of alkyl halides is 3. The van der Waals surface area contributed by atoms with Gasteiger partial charge in [0.25, 0.3) is 5.91 Å². The Morgan fingerprint density at radius 3 is 2.61 bits per heavy atom. The first-order valence-corrected chi connectivity index (χ1v) is 11.9. The predicted octanol–water partition coefficient (Wildman–Crippen LogP) is 4.68. The monoisotopic (exact) mass is 522 g/mol. The van der Waals surface area contributed by atoms with Gasteiger partial charge >= 0.3 is 6.18 Å². The van der Waals surface area contributed by atoms with Crippen LogP contribution in [-0.4, -0.2) is 44.8 Å². The number of carbonyl (C=O) groups excluding carboxylic acids is 1. The van der Waals surface area contributed by atoms with E-state index in [4.69, 9.17) is 0 Å². The quantitative estimate of drug-likeness (QED) is 0.279. The van der Waals surface area contributed by atoms with Crippen molar-refractivity contribution in [1.29, 1.82) is 0 Å². The number of aryl methyl sites for hydroxylation is 2. The molecule has 1 saturated heterocycles. The van der Waals surface area contributed by atoms with E-state index in [0.29, 0.717) is 34.9 Å². The Labute approximate surface area is 216 Å². The van der Waals surface area contributed by atoms with Gasteiger partial charge in [0.1, 0.15) is 18.0 Å². The van der Waals surface area contributed by atoms with Gasteiger partial charge < -0.3 is 21.3 Å². The minimum Gasteiger partial charge on any atom is -0.365 e. The van der Waals surface area contributed by atoms with Crippen molar-refractivity contribution in [3.8, 4) is 5.82 Å². The summed E-state index contributed by atoms with van der Waals surface area (Å²) in [5, 5.41) is 17.1. The summed E-state index contributed by atoms with van der Waals surface area (Å²) in [4.78, 5) is 21.3. The van der Waals surface area contributed by atoms with Crippen molar-refractivity contribution in [1.82, 2.24) is 25.1 Å². The number of benzene rings is 2. The lowest BCUT2D eigenvalue weighted by atomic mass is 10.1. The van der Waals surface area contributed by atoms with Gasteiger partial charge in [-0.05, 0) is 49.7 Å². The summed E-state index contributed by atoms with van der Waals surface area (Å²) in [5.41, 5.74) is 1.78. The summed E-state index contributed by atoms with van der Waals surface area (Å²) < 4.78 is 40.8. The first-order chi connectivity index (χ1) is 18.2. The van der Waals surface area contributed by atoms with Crippen LogP contribution in [0.1, 0.15) is 27.2 Å². The molecule has 1 aliphatic heterocycles. The van der Waals surface area contributed by atoms with Crippen molar-refractivity contribution in [2.45, 2.75) is 26.1 Å². The largest absolute Gasteiger partial charge is 0.416 e. The number of amides is 1. The second-order valence-electron chi connectivity index (χ2n) is 9.03. The molecule has 0 spiro atoms. The van der Waals surface area contributed by atoms with E-state index >= 15 is 0 Å². The average molecular weight is 523 g/mol. The van der Waals surface area contributed by atoms with Gasteiger partial charge in [-0.2, -0.15) is 23.0 Å². The molecule has 4 N–H and O–H groups in total. The number of hydrogen-bond donors (Lipinski definition) is 4. The molecule has 0 unspecified atom stereocenters. The van der Waals surface area contributed by atoms with Crippen molar-refractivity contribution in [3.05, 3.63) is 83.3 Å². The molecular weight excluding hydrogens is 497 g/mol. The fourth-order valence-corrected chi connectivity index (χ4v) is 3.92. The minimum absolute atomic E-state index is 0.0885. The lowest BCUT2D eigenvalue weighted by molar-refractivity contribution is -0.137. The summed E-state index contributed by atoms with van der Waals surface area (Å²) in [7, 11) is 0. The number of rotatable bonds is 7. The fourth-order valence-electron chi connectivity index (χ4n) is 3.92. The number of nitrogens with zero attached hydrogens (tertiary/aromatic N) is 4. The molecule has 0 bridgehead atoms. The van der Waals surface area contributed by atoms with Gasteiger partial charge in [0.2, 0.25) is 0 Å². The van der Waals surface area contributed by atoms with E-state index in [1.165, 1.54) is 18.5 Å². The van der Waals surface area contributed by atoms with Gasteiger partial charge in [0.15, 0.2) is 5.82 Å². The lowest BCUT2D eigenvalue weighted by Gasteiger charge is -2.28. The third kappa shape index (κ3) is 5.59. The van der Waals surface area contributed by atoms with Gasteiger partial charge in [-0.1, -0.05) is 12.1 Å². The zero-order valence-corrected chi connectivity index (χ0v) is 20.6. The van der Waals surface area contributed by atoms with E-state index in [2.05, 4.69) is 36.3 Å². The molecule has 0 saturated carbocycles. The Morgan fingerprint density at radius 1 is 1.05 bits per heavy atom. The summed E-state index contributed by atoms with van der Waals surface area (Å²) >= 11 is 0. The Kier molecular flexibility index (Phi) is 6.72. The van der Waals surface area contributed by atoms with Gasteiger partial charge in [-0.25, -0.2) is 9.97 Å². The topological polar surface area (TPSA) is 109 Å². The van der Waals surface area contributed by atoms with Crippen LogP contribution in [0.2, 0.25) is 0 Å². The van der Waals surface area contributed by atoms with Crippen LogP contribution in [0.25, 0.3) is 5.82 Å². The summed E-state index contributed by atoms with van der Waals surface area (Å²) in [6.07, 6.45) is -3.06. The Morgan fingerprint density at radius 2 is 1.87 bits per heavy atom. The van der Waals surface area contributed by atoms with E-state index in [-0.39, 0.29) is 5.56 Å². The highest BCUT2D eigenvalue weighted by atomic mass is 19.4. The molecule has 1 amide bonds. The average Bonchev–Trinajstić information content (AvgIpc) is 3.23. The maximum atomic E-state index is 13.1. The Balaban J connectivity index is 1.37. The zero-order chi connectivity index (χ0) is 26.9. The highest BCUT2D eigenvalue weighted by molar-refractivity contribution is 6.04. The molecule has 12 heteroatoms. The van der Waals surface area contributed by atoms with Gasteiger partial charge in [0.05, 0.1) is 17.3 Å². The molecule has 196 valence electrons. The van der Waals surface area contributed by atoms with Crippen LogP contribution in [0.4, 0.5) is 36.2 Å². The fraction of sp³-hybridized carbons (Fsp3) is 0.231. The maximum absolute atomic E-state index is 13.1. The molecule has 1 fully saturated rings. The third-order valence-electron chi connectivity index (χ3n) is 6.04. The molecule has 9 nitrogen and oxygen atoms in total. The van der Waals surface area contributed by atoms with Crippen molar-refractivity contribution < 1.29 is 18.0 Å². The van der Waals surface area contributed by atoms with E-state index in [9.17, 15) is 18.0 Å². The van der Waals surface area contributed by atoms with Crippen LogP contribution in [0.15, 0.2) is 60.9 Å². The molecule has 0 aliphatic carbocycles. The SMILES string of the molecule is Cc1cc(Nc2cc(NC(=O)c3cccc(C(F)(F)F)c3)ccc2C)n(-c2cc(NC3CNC3)ncn2)n1. The molecule has 0 atom stereocenters. The standard InChI is InChI=1S/C26H25F3N8O/c1-15-6-7-19(34-25(38)17-4-3-5-18(9-17)26(27,28)29)10-21(15)35-24-8-16(2)36-37(24)23-11-22(31-14-32-23)33-20-12-30-13-20/h3-11,14,20,30,35H,12-13H2,1-2H3,(H,34,38)(H,31,32,33). The van der Waals surface area contributed by atoms with Crippen LogP contribution in [0.5, 0.6) is 0 Å². The summed E-state index contributed by atoms with van der Waals surface area (Å²) in [5.74, 6) is 1.25. The molecule has 3 heterocycles. The summed E-state index contributed by atoms with van der Waals surface area (Å²) in [6.45, 7) is 5.49. The number of halogens is 3. The van der Waals surface area contributed by atoms with Crippen LogP contribution >= 0.6 is 0 Å². The van der Waals surface area contributed by atoms with Gasteiger partial charge in [-0.3, -0.25) is 4.79 Å². The van der Waals surface area contributed by atoms with E-state index in [0.717, 1.165) is 36.5 Å². The van der Waals surface area contributed by atoms with Crippen molar-refractivity contribution in [2.24, 2.45) is 0 Å². The number of carbonyl (C=O) groups is 1. The molecular formula is C26H25F3N8O.